The molecule has 0 heterocycles. The standard InChI is InChI=1S/C15H22ClNO2/c1-15(2,3)10-14(18)17-8-7-11-9-12(16)5-6-13(11)19-4/h5-6,9H,7-8,10H2,1-4H3,(H,17,18). The minimum Gasteiger partial charge on any atom is -0.496 e. The Labute approximate surface area is 120 Å². The molecule has 0 aromatic heterocycles. The van der Waals surface area contributed by atoms with Gasteiger partial charge in [0.1, 0.15) is 5.75 Å². The molecule has 0 unspecified atom stereocenters. The van der Waals surface area contributed by atoms with Gasteiger partial charge >= 0.3 is 0 Å². The van der Waals surface area contributed by atoms with E-state index in [2.05, 4.69) is 5.32 Å². The van der Waals surface area contributed by atoms with Crippen LogP contribution in [0.5, 0.6) is 5.75 Å². The van der Waals surface area contributed by atoms with E-state index in [0.29, 0.717) is 24.4 Å². The normalized spacial score (nSPS) is 11.2. The van der Waals surface area contributed by atoms with Crippen molar-refractivity contribution in [2.45, 2.75) is 33.6 Å². The summed E-state index contributed by atoms with van der Waals surface area (Å²) in [5.74, 6) is 0.878. The average Bonchev–Trinajstić information content (AvgIpc) is 2.27. The minimum atomic E-state index is 0.0117. The second-order valence-electron chi connectivity index (χ2n) is 5.79. The van der Waals surface area contributed by atoms with Gasteiger partial charge in [0.15, 0.2) is 0 Å². The Morgan fingerprint density at radius 1 is 1.37 bits per heavy atom. The van der Waals surface area contributed by atoms with E-state index in [1.807, 2.05) is 32.9 Å². The smallest absolute Gasteiger partial charge is 0.220 e. The molecular formula is C15H22ClNO2. The lowest BCUT2D eigenvalue weighted by atomic mass is 9.92. The van der Waals surface area contributed by atoms with Crippen LogP contribution in [-0.2, 0) is 11.2 Å². The fourth-order valence-electron chi connectivity index (χ4n) is 1.82. The maximum Gasteiger partial charge on any atom is 0.220 e. The van der Waals surface area contributed by atoms with Crippen LogP contribution in [-0.4, -0.2) is 19.6 Å². The SMILES string of the molecule is COc1ccc(Cl)cc1CCNC(=O)CC(C)(C)C. The summed E-state index contributed by atoms with van der Waals surface area (Å²) in [6.07, 6.45) is 1.24. The molecule has 0 spiro atoms. The maximum atomic E-state index is 11.7. The van der Waals surface area contributed by atoms with Crippen molar-refractivity contribution in [1.82, 2.24) is 5.32 Å². The molecule has 0 radical (unpaired) electrons. The number of halogens is 1. The first-order chi connectivity index (χ1) is 8.81. The van der Waals surface area contributed by atoms with Crippen LogP contribution in [0.25, 0.3) is 0 Å². The van der Waals surface area contributed by atoms with Crippen molar-refractivity contribution in [3.8, 4) is 5.75 Å². The summed E-state index contributed by atoms with van der Waals surface area (Å²) in [4.78, 5) is 11.7. The van der Waals surface area contributed by atoms with Gasteiger partial charge in [0, 0.05) is 18.0 Å². The van der Waals surface area contributed by atoms with Crippen molar-refractivity contribution in [1.29, 1.82) is 0 Å². The van der Waals surface area contributed by atoms with Crippen molar-refractivity contribution >= 4 is 17.5 Å². The number of hydrogen-bond donors (Lipinski definition) is 1. The summed E-state index contributed by atoms with van der Waals surface area (Å²) in [5.41, 5.74) is 1.02. The predicted molar refractivity (Wildman–Crippen MR) is 78.8 cm³/mol. The zero-order valence-electron chi connectivity index (χ0n) is 12.0. The quantitative estimate of drug-likeness (QED) is 0.899. The third-order valence-corrected chi connectivity index (χ3v) is 2.88. The van der Waals surface area contributed by atoms with E-state index in [9.17, 15) is 4.79 Å². The molecule has 19 heavy (non-hydrogen) atoms. The Balaban J connectivity index is 2.49. The van der Waals surface area contributed by atoms with Crippen LogP contribution in [0.4, 0.5) is 0 Å². The van der Waals surface area contributed by atoms with E-state index in [-0.39, 0.29) is 11.3 Å². The Kier molecular flexibility index (Phi) is 5.67. The van der Waals surface area contributed by atoms with Crippen molar-refractivity contribution in [2.24, 2.45) is 5.41 Å². The van der Waals surface area contributed by atoms with Crippen LogP contribution in [0.3, 0.4) is 0 Å². The highest BCUT2D eigenvalue weighted by atomic mass is 35.5. The fraction of sp³-hybridized carbons (Fsp3) is 0.533. The predicted octanol–water partition coefficient (Wildman–Crippen LogP) is 3.44. The highest BCUT2D eigenvalue weighted by molar-refractivity contribution is 6.30. The molecule has 106 valence electrons. The molecule has 0 fully saturated rings. The maximum absolute atomic E-state index is 11.7. The van der Waals surface area contributed by atoms with Gasteiger partial charge in [-0.25, -0.2) is 0 Å². The van der Waals surface area contributed by atoms with Gasteiger partial charge in [-0.3, -0.25) is 4.79 Å². The van der Waals surface area contributed by atoms with Crippen molar-refractivity contribution in [3.63, 3.8) is 0 Å². The van der Waals surface area contributed by atoms with E-state index in [0.717, 1.165) is 11.3 Å². The second kappa shape index (κ2) is 6.80. The molecule has 3 nitrogen and oxygen atoms in total. The highest BCUT2D eigenvalue weighted by Crippen LogP contribution is 2.23. The molecule has 0 aliphatic heterocycles. The molecule has 0 aliphatic carbocycles. The third-order valence-electron chi connectivity index (χ3n) is 2.65. The molecule has 1 N–H and O–H groups in total. The number of ether oxygens (including phenoxy) is 1. The lowest BCUT2D eigenvalue weighted by molar-refractivity contribution is -0.122. The van der Waals surface area contributed by atoms with Crippen LogP contribution < -0.4 is 10.1 Å². The molecule has 1 amide bonds. The first-order valence-electron chi connectivity index (χ1n) is 6.41. The summed E-state index contributed by atoms with van der Waals surface area (Å²) in [7, 11) is 1.63. The summed E-state index contributed by atoms with van der Waals surface area (Å²) in [6.45, 7) is 6.73. The van der Waals surface area contributed by atoms with Crippen LogP contribution in [0.2, 0.25) is 5.02 Å². The van der Waals surface area contributed by atoms with Crippen molar-refractivity contribution in [2.75, 3.05) is 13.7 Å². The number of hydrogen-bond acceptors (Lipinski definition) is 2. The first-order valence-corrected chi connectivity index (χ1v) is 6.79. The Hall–Kier alpha value is -1.22. The summed E-state index contributed by atoms with van der Waals surface area (Å²) >= 11 is 5.96. The monoisotopic (exact) mass is 283 g/mol. The van der Waals surface area contributed by atoms with E-state index in [1.54, 1.807) is 13.2 Å². The van der Waals surface area contributed by atoms with E-state index in [4.69, 9.17) is 16.3 Å². The van der Waals surface area contributed by atoms with E-state index in [1.165, 1.54) is 0 Å². The minimum absolute atomic E-state index is 0.0117. The molecule has 1 aromatic rings. The van der Waals surface area contributed by atoms with Crippen LogP contribution in [0, 0.1) is 5.41 Å². The van der Waals surface area contributed by atoms with Gasteiger partial charge in [-0.05, 0) is 35.6 Å². The molecule has 0 saturated heterocycles. The number of carbonyl (C=O) groups is 1. The Morgan fingerprint density at radius 2 is 2.05 bits per heavy atom. The van der Waals surface area contributed by atoms with Crippen LogP contribution in [0.1, 0.15) is 32.8 Å². The number of nitrogens with one attached hydrogen (secondary N) is 1. The van der Waals surface area contributed by atoms with Gasteiger partial charge < -0.3 is 10.1 Å². The summed E-state index contributed by atoms with van der Waals surface area (Å²) in [6, 6.07) is 5.51. The van der Waals surface area contributed by atoms with Gasteiger partial charge in [0.2, 0.25) is 5.91 Å². The second-order valence-corrected chi connectivity index (χ2v) is 6.23. The molecule has 4 heteroatoms. The van der Waals surface area contributed by atoms with Crippen molar-refractivity contribution < 1.29 is 9.53 Å². The molecule has 0 bridgehead atoms. The zero-order chi connectivity index (χ0) is 14.5. The fourth-order valence-corrected chi connectivity index (χ4v) is 2.02. The summed E-state index contributed by atoms with van der Waals surface area (Å²) in [5, 5.41) is 3.60. The van der Waals surface area contributed by atoms with E-state index >= 15 is 0 Å². The number of methoxy groups -OCH3 is 1. The lowest BCUT2D eigenvalue weighted by Crippen LogP contribution is -2.29. The molecule has 1 rings (SSSR count). The first kappa shape index (κ1) is 15.8. The highest BCUT2D eigenvalue weighted by Gasteiger charge is 2.15. The lowest BCUT2D eigenvalue weighted by Gasteiger charge is -2.17. The molecule has 0 atom stereocenters. The number of amides is 1. The number of benzene rings is 1. The van der Waals surface area contributed by atoms with Crippen molar-refractivity contribution in [3.05, 3.63) is 28.8 Å². The Morgan fingerprint density at radius 3 is 2.63 bits per heavy atom. The van der Waals surface area contributed by atoms with Gasteiger partial charge in [0.05, 0.1) is 7.11 Å². The van der Waals surface area contributed by atoms with Gasteiger partial charge in [-0.1, -0.05) is 32.4 Å². The van der Waals surface area contributed by atoms with Gasteiger partial charge in [-0.15, -0.1) is 0 Å². The zero-order valence-corrected chi connectivity index (χ0v) is 12.8. The third kappa shape index (κ3) is 5.97. The van der Waals surface area contributed by atoms with Crippen LogP contribution >= 0.6 is 11.6 Å². The largest absolute Gasteiger partial charge is 0.496 e. The van der Waals surface area contributed by atoms with Gasteiger partial charge in [0.25, 0.3) is 0 Å². The molecule has 1 aromatic carbocycles. The number of rotatable bonds is 5. The summed E-state index contributed by atoms with van der Waals surface area (Å²) < 4.78 is 5.27. The molecule has 0 aliphatic rings. The average molecular weight is 284 g/mol. The van der Waals surface area contributed by atoms with Gasteiger partial charge in [-0.2, -0.15) is 0 Å². The van der Waals surface area contributed by atoms with Crippen LogP contribution in [0.15, 0.2) is 18.2 Å². The molecule has 0 saturated carbocycles. The number of carbonyl (C=O) groups excluding carboxylic acids is 1. The van der Waals surface area contributed by atoms with E-state index < -0.39 is 0 Å². The topological polar surface area (TPSA) is 38.3 Å². The molecular weight excluding hydrogens is 262 g/mol. The Bertz CT molecular complexity index is 438.